The van der Waals surface area contributed by atoms with Gasteiger partial charge < -0.3 is 9.26 Å². The van der Waals surface area contributed by atoms with Crippen LogP contribution in [0.4, 0.5) is 4.39 Å². The Kier molecular flexibility index (Phi) is 3.95. The molecule has 1 aliphatic rings. The summed E-state index contributed by atoms with van der Waals surface area (Å²) in [6.07, 6.45) is 1.50. The van der Waals surface area contributed by atoms with Crippen molar-refractivity contribution >= 4 is 10.9 Å². The third kappa shape index (κ3) is 3.00. The van der Waals surface area contributed by atoms with Gasteiger partial charge in [0.15, 0.2) is 0 Å². The zero-order valence-corrected chi connectivity index (χ0v) is 13.3. The number of hydrogen-bond donors (Lipinski definition) is 0. The van der Waals surface area contributed by atoms with Gasteiger partial charge in [-0.25, -0.2) is 4.39 Å². The van der Waals surface area contributed by atoms with E-state index in [1.807, 2.05) is 12.1 Å². The van der Waals surface area contributed by atoms with Gasteiger partial charge in [0.1, 0.15) is 11.9 Å². The number of aryl methyl sites for hydroxylation is 1. The van der Waals surface area contributed by atoms with Crippen LogP contribution in [0.2, 0.25) is 0 Å². The molecule has 124 valence electrons. The van der Waals surface area contributed by atoms with Gasteiger partial charge in [-0.05, 0) is 23.8 Å². The molecule has 4 rings (SSSR count). The minimum Gasteiger partial charge on any atom is -0.367 e. The molecule has 1 aromatic carbocycles. The fourth-order valence-corrected chi connectivity index (χ4v) is 3.04. The maximum atomic E-state index is 13.9. The van der Waals surface area contributed by atoms with Gasteiger partial charge in [0.05, 0.1) is 12.1 Å². The lowest BCUT2D eigenvalue weighted by molar-refractivity contribution is -0.0379. The molecule has 2 aromatic heterocycles. The van der Waals surface area contributed by atoms with Crippen LogP contribution < -0.4 is 0 Å². The molecule has 3 heterocycles. The Balaban J connectivity index is 1.57. The molecule has 1 fully saturated rings. The van der Waals surface area contributed by atoms with Gasteiger partial charge in [-0.15, -0.1) is 0 Å². The summed E-state index contributed by atoms with van der Waals surface area (Å²) in [5.74, 6) is 0.828. The van der Waals surface area contributed by atoms with Crippen molar-refractivity contribution in [2.24, 2.45) is 0 Å². The number of halogens is 1. The lowest BCUT2D eigenvalue weighted by atomic mass is 10.1. The Morgan fingerprint density at radius 2 is 2.29 bits per heavy atom. The third-order valence-corrected chi connectivity index (χ3v) is 4.12. The van der Waals surface area contributed by atoms with Gasteiger partial charge in [0.25, 0.3) is 0 Å². The lowest BCUT2D eigenvalue weighted by Gasteiger charge is -2.31. The Hall–Kier alpha value is -2.38. The first-order chi connectivity index (χ1) is 11.7. The number of aromatic nitrogens is 3. The van der Waals surface area contributed by atoms with E-state index in [0.717, 1.165) is 23.0 Å². The number of benzene rings is 1. The second-order valence-corrected chi connectivity index (χ2v) is 5.91. The van der Waals surface area contributed by atoms with Crippen molar-refractivity contribution in [1.29, 1.82) is 0 Å². The predicted molar refractivity (Wildman–Crippen MR) is 84.7 cm³/mol. The highest BCUT2D eigenvalue weighted by atomic mass is 19.1. The fourth-order valence-electron chi connectivity index (χ4n) is 3.04. The van der Waals surface area contributed by atoms with Crippen molar-refractivity contribution in [3.8, 4) is 0 Å². The van der Waals surface area contributed by atoms with E-state index in [0.29, 0.717) is 31.4 Å². The molecule has 0 unspecified atom stereocenters. The van der Waals surface area contributed by atoms with Crippen molar-refractivity contribution in [3.63, 3.8) is 0 Å². The molecule has 0 radical (unpaired) electrons. The fraction of sp³-hybridized carbons (Fsp3) is 0.353. The number of nitrogens with zero attached hydrogens (tertiary/aromatic N) is 4. The number of hydrogen-bond acceptors (Lipinski definition) is 6. The Morgan fingerprint density at radius 1 is 1.38 bits per heavy atom. The number of fused-ring (bicyclic) bond motifs is 1. The van der Waals surface area contributed by atoms with E-state index in [1.54, 1.807) is 19.2 Å². The summed E-state index contributed by atoms with van der Waals surface area (Å²) in [6.45, 7) is 4.31. The minimum atomic E-state index is -0.246. The van der Waals surface area contributed by atoms with Crippen LogP contribution in [0.5, 0.6) is 0 Å². The zero-order valence-electron chi connectivity index (χ0n) is 13.3. The molecule has 7 heteroatoms. The summed E-state index contributed by atoms with van der Waals surface area (Å²) in [7, 11) is 0. The van der Waals surface area contributed by atoms with E-state index in [1.165, 1.54) is 6.07 Å². The molecule has 1 saturated heterocycles. The first-order valence-corrected chi connectivity index (χ1v) is 7.86. The molecule has 1 aliphatic heterocycles. The highest BCUT2D eigenvalue weighted by Gasteiger charge is 2.26. The molecule has 1 atom stereocenters. The molecule has 6 nitrogen and oxygen atoms in total. The molecule has 24 heavy (non-hydrogen) atoms. The largest absolute Gasteiger partial charge is 0.367 e. The van der Waals surface area contributed by atoms with Crippen LogP contribution in [0.25, 0.3) is 10.9 Å². The highest BCUT2D eigenvalue weighted by Crippen LogP contribution is 2.24. The molecular formula is C17H17FN4O2. The monoisotopic (exact) mass is 328 g/mol. The predicted octanol–water partition coefficient (Wildman–Crippen LogP) is 2.64. The van der Waals surface area contributed by atoms with Crippen molar-refractivity contribution in [1.82, 2.24) is 20.0 Å². The van der Waals surface area contributed by atoms with Crippen LogP contribution >= 0.6 is 0 Å². The summed E-state index contributed by atoms with van der Waals surface area (Å²) in [5.41, 5.74) is 1.70. The minimum absolute atomic E-state index is 0.232. The Labute approximate surface area is 138 Å². The van der Waals surface area contributed by atoms with E-state index in [-0.39, 0.29) is 11.9 Å². The van der Waals surface area contributed by atoms with Crippen molar-refractivity contribution < 1.29 is 13.7 Å². The van der Waals surface area contributed by atoms with Crippen molar-refractivity contribution in [2.45, 2.75) is 19.6 Å². The van der Waals surface area contributed by atoms with Crippen LogP contribution in [0.3, 0.4) is 0 Å². The quantitative estimate of drug-likeness (QED) is 0.736. The van der Waals surface area contributed by atoms with Gasteiger partial charge in [-0.1, -0.05) is 11.2 Å². The van der Waals surface area contributed by atoms with Gasteiger partial charge in [0.2, 0.25) is 11.7 Å². The van der Waals surface area contributed by atoms with Gasteiger partial charge in [0, 0.05) is 38.1 Å². The van der Waals surface area contributed by atoms with E-state index in [2.05, 4.69) is 20.0 Å². The normalized spacial score (nSPS) is 19.0. The molecular weight excluding hydrogens is 311 g/mol. The lowest BCUT2D eigenvalue weighted by Crippen LogP contribution is -2.38. The van der Waals surface area contributed by atoms with Gasteiger partial charge >= 0.3 is 0 Å². The maximum absolute atomic E-state index is 13.9. The van der Waals surface area contributed by atoms with E-state index >= 15 is 0 Å². The first kappa shape index (κ1) is 15.2. The highest BCUT2D eigenvalue weighted by molar-refractivity contribution is 5.81. The van der Waals surface area contributed by atoms with Crippen LogP contribution in [0.15, 0.2) is 35.0 Å². The standard InChI is InChI=1S/C17H17FN4O2/c1-11-20-17(21-24-11)15-10-22(5-6-23-15)9-13-8-14(18)7-12-3-2-4-19-16(12)13/h2-4,7-8,15H,5-6,9-10H2,1H3/t15-/m1/s1. The summed E-state index contributed by atoms with van der Waals surface area (Å²) < 4.78 is 24.7. The van der Waals surface area contributed by atoms with Crippen LogP contribution in [-0.2, 0) is 11.3 Å². The third-order valence-electron chi connectivity index (χ3n) is 4.12. The average molecular weight is 328 g/mol. The second-order valence-electron chi connectivity index (χ2n) is 5.91. The summed E-state index contributed by atoms with van der Waals surface area (Å²) in [5, 5.41) is 4.75. The first-order valence-electron chi connectivity index (χ1n) is 7.86. The van der Waals surface area contributed by atoms with Gasteiger partial charge in [-0.2, -0.15) is 4.98 Å². The summed E-state index contributed by atoms with van der Waals surface area (Å²) in [4.78, 5) is 10.8. The summed E-state index contributed by atoms with van der Waals surface area (Å²) in [6, 6.07) is 6.75. The smallest absolute Gasteiger partial charge is 0.223 e. The van der Waals surface area contributed by atoms with Crippen LogP contribution in [0, 0.1) is 12.7 Å². The molecule has 3 aromatic rings. The second kappa shape index (κ2) is 6.26. The topological polar surface area (TPSA) is 64.3 Å². The molecule has 0 N–H and O–H groups in total. The van der Waals surface area contributed by atoms with Crippen LogP contribution in [0.1, 0.15) is 23.4 Å². The van der Waals surface area contributed by atoms with E-state index in [4.69, 9.17) is 9.26 Å². The number of ether oxygens (including phenoxy) is 1. The summed E-state index contributed by atoms with van der Waals surface area (Å²) >= 11 is 0. The SMILES string of the molecule is Cc1nc([C@H]2CN(Cc3cc(F)cc4cccnc34)CCO2)no1. The molecule has 0 bridgehead atoms. The molecule has 0 amide bonds. The Bertz CT molecular complexity index is 867. The van der Waals surface area contributed by atoms with Crippen LogP contribution in [-0.4, -0.2) is 39.7 Å². The molecule has 0 saturated carbocycles. The number of rotatable bonds is 3. The van der Waals surface area contributed by atoms with E-state index < -0.39 is 0 Å². The molecule has 0 aliphatic carbocycles. The zero-order chi connectivity index (χ0) is 16.5. The maximum Gasteiger partial charge on any atom is 0.223 e. The van der Waals surface area contributed by atoms with Gasteiger partial charge in [-0.3, -0.25) is 9.88 Å². The molecule has 0 spiro atoms. The Morgan fingerprint density at radius 3 is 3.12 bits per heavy atom. The average Bonchev–Trinajstić information content (AvgIpc) is 3.01. The number of pyridine rings is 1. The van der Waals surface area contributed by atoms with Crippen molar-refractivity contribution in [3.05, 3.63) is 53.6 Å². The van der Waals surface area contributed by atoms with E-state index in [9.17, 15) is 4.39 Å². The number of morpholine rings is 1. The van der Waals surface area contributed by atoms with Crippen molar-refractivity contribution in [2.75, 3.05) is 19.7 Å².